The number of amides is 1. The standard InChI is InChI=1S/C24H18N6OS3/c1-13-17(22(31)30(28-13)15-10-6-3-7-11-15)16-12-34-24-25-19(14-8-4-2-5-9-14)18-20(29(16)24)26-23(33)27-21(18)32/h2-12,17,19H,1H3,(H2,26,27,32,33). The number of hydrazone groups is 1. The zero-order valence-electron chi connectivity index (χ0n) is 17.9. The molecule has 3 aliphatic rings. The van der Waals surface area contributed by atoms with E-state index in [0.717, 1.165) is 33.5 Å². The highest BCUT2D eigenvalue weighted by atomic mass is 32.2. The molecular formula is C24H18N6OS3. The van der Waals surface area contributed by atoms with Crippen LogP contribution in [0.4, 0.5) is 11.5 Å². The topological polar surface area (TPSA) is 79.8 Å². The van der Waals surface area contributed by atoms with E-state index in [1.165, 1.54) is 16.8 Å². The normalized spacial score (nSPS) is 21.1. The molecule has 0 fully saturated rings. The van der Waals surface area contributed by atoms with Gasteiger partial charge < -0.3 is 9.97 Å². The summed E-state index contributed by atoms with van der Waals surface area (Å²) >= 11 is 12.6. The van der Waals surface area contributed by atoms with Gasteiger partial charge in [-0.3, -0.25) is 9.69 Å². The molecule has 6 rings (SSSR count). The lowest BCUT2D eigenvalue weighted by Gasteiger charge is -2.32. The molecular weight excluding hydrogens is 485 g/mol. The van der Waals surface area contributed by atoms with Crippen LogP contribution in [0.5, 0.6) is 0 Å². The van der Waals surface area contributed by atoms with Crippen molar-refractivity contribution in [3.8, 4) is 0 Å². The number of para-hydroxylation sites is 1. The zero-order valence-corrected chi connectivity index (χ0v) is 20.4. The molecule has 34 heavy (non-hydrogen) atoms. The Morgan fingerprint density at radius 1 is 1.00 bits per heavy atom. The van der Waals surface area contributed by atoms with Gasteiger partial charge in [0.15, 0.2) is 9.94 Å². The van der Waals surface area contributed by atoms with Crippen molar-refractivity contribution in [3.05, 3.63) is 92.3 Å². The molecule has 0 spiro atoms. The van der Waals surface area contributed by atoms with E-state index in [-0.39, 0.29) is 11.9 Å². The lowest BCUT2D eigenvalue weighted by Crippen LogP contribution is -2.38. The maximum Gasteiger partial charge on any atom is 0.262 e. The molecule has 3 aliphatic heterocycles. The van der Waals surface area contributed by atoms with Gasteiger partial charge in [0.25, 0.3) is 5.91 Å². The summed E-state index contributed by atoms with van der Waals surface area (Å²) in [6, 6.07) is 19.2. The Morgan fingerprint density at radius 2 is 1.71 bits per heavy atom. The number of carbonyl (C=O) groups is 1. The number of nitrogens with zero attached hydrogens (tertiary/aromatic N) is 4. The summed E-state index contributed by atoms with van der Waals surface area (Å²) < 4.78 is 0.947. The second-order valence-corrected chi connectivity index (χ2v) is 9.70. The Kier molecular flexibility index (Phi) is 5.09. The molecule has 0 saturated heterocycles. The van der Waals surface area contributed by atoms with Crippen LogP contribution in [0.15, 0.2) is 81.9 Å². The van der Waals surface area contributed by atoms with Gasteiger partial charge in [-0.05, 0) is 36.8 Å². The first-order valence-corrected chi connectivity index (χ1v) is 12.3. The highest BCUT2D eigenvalue weighted by molar-refractivity contribution is 8.17. The van der Waals surface area contributed by atoms with Crippen LogP contribution in [-0.4, -0.2) is 26.8 Å². The predicted molar refractivity (Wildman–Crippen MR) is 141 cm³/mol. The monoisotopic (exact) mass is 502 g/mol. The second-order valence-electron chi connectivity index (χ2n) is 8.05. The van der Waals surface area contributed by atoms with Gasteiger partial charge in [0.1, 0.15) is 22.4 Å². The van der Waals surface area contributed by atoms with E-state index < -0.39 is 5.92 Å². The minimum Gasteiger partial charge on any atom is -0.323 e. The number of aromatic nitrogens is 2. The molecule has 0 radical (unpaired) electrons. The fourth-order valence-corrected chi connectivity index (χ4v) is 5.97. The summed E-state index contributed by atoms with van der Waals surface area (Å²) in [6.07, 6.45) is 0. The molecule has 2 unspecified atom stereocenters. The number of hydrogen-bond acceptors (Lipinski definition) is 7. The minimum atomic E-state index is -0.541. The van der Waals surface area contributed by atoms with Gasteiger partial charge in [-0.2, -0.15) is 10.1 Å². The van der Waals surface area contributed by atoms with E-state index in [0.29, 0.717) is 15.1 Å². The Hall–Kier alpha value is -3.34. The average molecular weight is 503 g/mol. The number of nitrogens with one attached hydrogen (secondary N) is 2. The molecule has 3 aromatic rings. The van der Waals surface area contributed by atoms with Crippen LogP contribution in [0.25, 0.3) is 0 Å². The third kappa shape index (κ3) is 3.29. The van der Waals surface area contributed by atoms with E-state index in [1.807, 2.05) is 77.9 Å². The number of aliphatic imine (C=N–C) groups is 1. The summed E-state index contributed by atoms with van der Waals surface area (Å²) in [5.41, 5.74) is 4.09. The predicted octanol–water partition coefficient (Wildman–Crippen LogP) is 5.69. The van der Waals surface area contributed by atoms with Gasteiger partial charge in [0.2, 0.25) is 0 Å². The van der Waals surface area contributed by atoms with Gasteiger partial charge in [-0.25, -0.2) is 4.99 Å². The number of carbonyl (C=O) groups excluding carboxylic acids is 1. The Morgan fingerprint density at radius 3 is 2.44 bits per heavy atom. The van der Waals surface area contributed by atoms with Crippen molar-refractivity contribution >= 4 is 64.5 Å². The number of rotatable bonds is 3. The molecule has 7 nitrogen and oxygen atoms in total. The molecule has 0 saturated carbocycles. The number of benzene rings is 2. The molecule has 168 valence electrons. The van der Waals surface area contributed by atoms with E-state index in [4.69, 9.17) is 29.4 Å². The number of amidine groups is 1. The molecule has 0 bridgehead atoms. The van der Waals surface area contributed by atoms with Crippen LogP contribution in [0, 0.1) is 15.3 Å². The molecule has 1 aromatic heterocycles. The van der Waals surface area contributed by atoms with Crippen LogP contribution in [0.1, 0.15) is 24.1 Å². The third-order valence-electron chi connectivity index (χ3n) is 5.97. The van der Waals surface area contributed by atoms with Gasteiger partial charge in [-0.1, -0.05) is 72.5 Å². The number of aromatic amines is 2. The van der Waals surface area contributed by atoms with Crippen LogP contribution >= 0.6 is 36.2 Å². The third-order valence-corrected chi connectivity index (χ3v) is 7.36. The Bertz CT molecular complexity index is 1520. The first-order chi connectivity index (χ1) is 16.5. The Labute approximate surface area is 209 Å². The second kappa shape index (κ2) is 8.15. The van der Waals surface area contributed by atoms with Crippen LogP contribution in [-0.2, 0) is 4.79 Å². The minimum absolute atomic E-state index is 0.108. The number of fused-ring (bicyclic) bond motifs is 3. The SMILES string of the molecule is CC1=NN(c2ccccc2)C(=O)C1C1=CSC2=NC(c3ccccc3)c3c([nH]c(=S)[nH]c3=S)N12. The van der Waals surface area contributed by atoms with E-state index in [1.54, 1.807) is 0 Å². The summed E-state index contributed by atoms with van der Waals surface area (Å²) in [4.78, 5) is 26.9. The summed E-state index contributed by atoms with van der Waals surface area (Å²) in [7, 11) is 0. The lowest BCUT2D eigenvalue weighted by atomic mass is 9.96. The maximum atomic E-state index is 13.5. The number of thioether (sulfide) groups is 1. The number of H-pyrrole nitrogens is 2. The fraction of sp³-hybridized carbons (Fsp3) is 0.125. The lowest BCUT2D eigenvalue weighted by molar-refractivity contribution is -0.119. The van der Waals surface area contributed by atoms with E-state index in [2.05, 4.69) is 15.1 Å². The first-order valence-electron chi connectivity index (χ1n) is 10.6. The molecule has 2 N–H and O–H groups in total. The highest BCUT2D eigenvalue weighted by Gasteiger charge is 2.45. The summed E-state index contributed by atoms with van der Waals surface area (Å²) in [5.74, 6) is 0.0899. The number of anilines is 2. The van der Waals surface area contributed by atoms with Crippen LogP contribution < -0.4 is 9.91 Å². The number of hydrogen-bond donors (Lipinski definition) is 2. The first kappa shape index (κ1) is 21.2. The molecule has 0 aliphatic carbocycles. The zero-order chi connectivity index (χ0) is 23.4. The molecule has 1 amide bonds. The summed E-state index contributed by atoms with van der Waals surface area (Å²) in [6.45, 7) is 1.88. The van der Waals surface area contributed by atoms with Crippen LogP contribution in [0.3, 0.4) is 0 Å². The maximum absolute atomic E-state index is 13.5. The van der Waals surface area contributed by atoms with Crippen molar-refractivity contribution in [1.82, 2.24) is 9.97 Å². The quantitative estimate of drug-likeness (QED) is 0.450. The van der Waals surface area contributed by atoms with Crippen molar-refractivity contribution in [2.45, 2.75) is 13.0 Å². The summed E-state index contributed by atoms with van der Waals surface area (Å²) in [5, 5.41) is 8.79. The largest absolute Gasteiger partial charge is 0.323 e. The van der Waals surface area contributed by atoms with Crippen molar-refractivity contribution in [1.29, 1.82) is 0 Å². The van der Waals surface area contributed by atoms with Gasteiger partial charge >= 0.3 is 0 Å². The smallest absolute Gasteiger partial charge is 0.262 e. The molecule has 2 aromatic carbocycles. The van der Waals surface area contributed by atoms with Gasteiger partial charge in [0.05, 0.1) is 22.7 Å². The van der Waals surface area contributed by atoms with Crippen LogP contribution in [0.2, 0.25) is 0 Å². The average Bonchev–Trinajstić information content (AvgIpc) is 3.39. The molecule has 4 heterocycles. The van der Waals surface area contributed by atoms with Crippen molar-refractivity contribution in [3.63, 3.8) is 0 Å². The van der Waals surface area contributed by atoms with Crippen molar-refractivity contribution < 1.29 is 4.79 Å². The fourth-order valence-electron chi connectivity index (χ4n) is 4.47. The molecule has 2 atom stereocenters. The Balaban J connectivity index is 1.46. The van der Waals surface area contributed by atoms with Gasteiger partial charge in [-0.15, -0.1) is 0 Å². The van der Waals surface area contributed by atoms with E-state index in [9.17, 15) is 4.79 Å². The van der Waals surface area contributed by atoms with E-state index >= 15 is 0 Å². The molecule has 10 heteroatoms. The van der Waals surface area contributed by atoms with Gasteiger partial charge in [0, 0.05) is 5.41 Å². The van der Waals surface area contributed by atoms with Crippen molar-refractivity contribution in [2.75, 3.05) is 9.91 Å². The highest BCUT2D eigenvalue weighted by Crippen LogP contribution is 2.46. The van der Waals surface area contributed by atoms with Crippen molar-refractivity contribution in [2.24, 2.45) is 16.0 Å².